The monoisotopic (exact) mass is 265 g/mol. The molecule has 19 heavy (non-hydrogen) atoms. The minimum atomic E-state index is -0.346. The van der Waals surface area contributed by atoms with E-state index < -0.39 is 0 Å². The third-order valence-corrected chi connectivity index (χ3v) is 4.07. The van der Waals surface area contributed by atoms with Gasteiger partial charge in [-0.1, -0.05) is 25.8 Å². The number of hydrogen-bond acceptors (Lipinski definition) is 2. The molecular formula is C16H24FNO. The van der Waals surface area contributed by atoms with Crippen LogP contribution in [0.5, 0.6) is 5.75 Å². The lowest BCUT2D eigenvalue weighted by Crippen LogP contribution is -2.26. The van der Waals surface area contributed by atoms with Gasteiger partial charge >= 0.3 is 0 Å². The molecule has 0 bridgehead atoms. The molecule has 0 spiro atoms. The molecule has 2 nitrogen and oxygen atoms in total. The molecule has 0 aromatic heterocycles. The molecule has 106 valence electrons. The molecule has 1 aliphatic rings. The van der Waals surface area contributed by atoms with Crippen LogP contribution >= 0.6 is 0 Å². The fourth-order valence-corrected chi connectivity index (χ4v) is 2.96. The molecule has 0 saturated heterocycles. The Balaban J connectivity index is 2.12. The van der Waals surface area contributed by atoms with E-state index in [0.29, 0.717) is 11.3 Å². The van der Waals surface area contributed by atoms with E-state index in [1.807, 2.05) is 6.07 Å². The molecule has 1 aromatic rings. The van der Waals surface area contributed by atoms with Crippen LogP contribution in [0.2, 0.25) is 0 Å². The zero-order chi connectivity index (χ0) is 13.8. The minimum absolute atomic E-state index is 0.206. The highest BCUT2D eigenvalue weighted by Crippen LogP contribution is 2.33. The van der Waals surface area contributed by atoms with Gasteiger partial charge in [0.25, 0.3) is 0 Å². The highest BCUT2D eigenvalue weighted by Gasteiger charge is 2.24. The second-order valence-corrected chi connectivity index (χ2v) is 5.62. The molecule has 0 aliphatic heterocycles. The summed E-state index contributed by atoms with van der Waals surface area (Å²) in [5, 5.41) is 0. The molecule has 0 heterocycles. The van der Waals surface area contributed by atoms with Crippen LogP contribution in [0.3, 0.4) is 0 Å². The van der Waals surface area contributed by atoms with Gasteiger partial charge in [0.15, 0.2) is 0 Å². The second kappa shape index (κ2) is 6.38. The van der Waals surface area contributed by atoms with Gasteiger partial charge in [-0.3, -0.25) is 0 Å². The largest absolute Gasteiger partial charge is 0.490 e. The average Bonchev–Trinajstić information content (AvgIpc) is 2.38. The lowest BCUT2D eigenvalue weighted by molar-refractivity contribution is 0.120. The van der Waals surface area contributed by atoms with Crippen molar-refractivity contribution in [3.05, 3.63) is 29.6 Å². The van der Waals surface area contributed by atoms with E-state index in [9.17, 15) is 4.39 Å². The number of benzene rings is 1. The molecule has 0 amide bonds. The summed E-state index contributed by atoms with van der Waals surface area (Å²) in [6, 6.07) is 4.62. The van der Waals surface area contributed by atoms with Gasteiger partial charge in [0.1, 0.15) is 11.6 Å². The highest BCUT2D eigenvalue weighted by molar-refractivity contribution is 5.37. The van der Waals surface area contributed by atoms with Crippen LogP contribution in [0, 0.1) is 11.7 Å². The first-order valence-corrected chi connectivity index (χ1v) is 7.32. The molecule has 1 aliphatic carbocycles. The summed E-state index contributed by atoms with van der Waals surface area (Å²) in [5.41, 5.74) is 6.35. The predicted octanol–water partition coefficient (Wildman–Crippen LogP) is 4.19. The van der Waals surface area contributed by atoms with Crippen LogP contribution in [0.25, 0.3) is 0 Å². The predicted molar refractivity (Wildman–Crippen MR) is 75.7 cm³/mol. The van der Waals surface area contributed by atoms with Crippen molar-refractivity contribution in [1.82, 2.24) is 0 Å². The van der Waals surface area contributed by atoms with Gasteiger partial charge in [0.05, 0.1) is 6.10 Å². The lowest BCUT2D eigenvalue weighted by Gasteiger charge is -2.30. The van der Waals surface area contributed by atoms with Gasteiger partial charge in [-0.15, -0.1) is 0 Å². The van der Waals surface area contributed by atoms with Crippen molar-refractivity contribution in [2.75, 3.05) is 0 Å². The van der Waals surface area contributed by atoms with E-state index in [2.05, 4.69) is 6.92 Å². The van der Waals surface area contributed by atoms with E-state index in [1.165, 1.54) is 25.3 Å². The molecule has 1 saturated carbocycles. The maximum atomic E-state index is 13.8. The Morgan fingerprint density at radius 1 is 1.42 bits per heavy atom. The van der Waals surface area contributed by atoms with Crippen molar-refractivity contribution >= 4 is 0 Å². The van der Waals surface area contributed by atoms with Gasteiger partial charge in [0.2, 0.25) is 0 Å². The van der Waals surface area contributed by atoms with Crippen molar-refractivity contribution in [2.24, 2.45) is 11.7 Å². The maximum absolute atomic E-state index is 13.8. The third kappa shape index (κ3) is 3.47. The Morgan fingerprint density at radius 3 is 2.89 bits per heavy atom. The van der Waals surface area contributed by atoms with Gasteiger partial charge in [-0.05, 0) is 44.2 Å². The molecule has 1 fully saturated rings. The summed E-state index contributed by atoms with van der Waals surface area (Å²) in [5.74, 6) is 1.10. The summed E-state index contributed by atoms with van der Waals surface area (Å²) in [4.78, 5) is 0. The first-order chi connectivity index (χ1) is 9.11. The van der Waals surface area contributed by atoms with Crippen LogP contribution in [0.15, 0.2) is 18.2 Å². The van der Waals surface area contributed by atoms with Crippen LogP contribution < -0.4 is 10.5 Å². The normalized spacial score (nSPS) is 25.1. The topological polar surface area (TPSA) is 35.2 Å². The van der Waals surface area contributed by atoms with Crippen LogP contribution in [-0.2, 0) is 0 Å². The van der Waals surface area contributed by atoms with E-state index in [-0.39, 0.29) is 18.0 Å². The fourth-order valence-electron chi connectivity index (χ4n) is 2.96. The zero-order valence-corrected chi connectivity index (χ0v) is 11.9. The van der Waals surface area contributed by atoms with E-state index in [1.54, 1.807) is 13.0 Å². The molecule has 1 aromatic carbocycles. The molecule has 2 rings (SSSR count). The van der Waals surface area contributed by atoms with Gasteiger partial charge in [-0.2, -0.15) is 0 Å². The summed E-state index contributed by atoms with van der Waals surface area (Å²) in [6.45, 7) is 4.02. The van der Waals surface area contributed by atoms with Crippen molar-refractivity contribution in [2.45, 2.75) is 58.1 Å². The lowest BCUT2D eigenvalue weighted by atomic mass is 9.85. The summed E-state index contributed by atoms with van der Waals surface area (Å²) in [6.07, 6.45) is 6.03. The molecule has 2 unspecified atom stereocenters. The number of nitrogens with two attached hydrogens (primary N) is 1. The Bertz CT molecular complexity index is 419. The Hall–Kier alpha value is -1.09. The zero-order valence-electron chi connectivity index (χ0n) is 11.9. The first kappa shape index (κ1) is 14.3. The van der Waals surface area contributed by atoms with Crippen LogP contribution in [0.4, 0.5) is 4.39 Å². The number of rotatable bonds is 4. The van der Waals surface area contributed by atoms with Crippen LogP contribution in [0.1, 0.15) is 57.6 Å². The molecule has 3 heteroatoms. The van der Waals surface area contributed by atoms with E-state index in [4.69, 9.17) is 10.5 Å². The van der Waals surface area contributed by atoms with Crippen LogP contribution in [-0.4, -0.2) is 6.10 Å². The average molecular weight is 265 g/mol. The Kier molecular flexibility index (Phi) is 4.81. The highest BCUT2D eigenvalue weighted by atomic mass is 19.1. The smallest absolute Gasteiger partial charge is 0.131 e. The van der Waals surface area contributed by atoms with Gasteiger partial charge < -0.3 is 10.5 Å². The quantitative estimate of drug-likeness (QED) is 0.885. The third-order valence-electron chi connectivity index (χ3n) is 4.07. The summed E-state index contributed by atoms with van der Waals surface area (Å²) in [7, 11) is 0. The van der Waals surface area contributed by atoms with Gasteiger partial charge in [0, 0.05) is 11.6 Å². The number of ether oxygens (including phenoxy) is 1. The molecule has 2 N–H and O–H groups in total. The molecule has 3 atom stereocenters. The first-order valence-electron chi connectivity index (χ1n) is 7.32. The van der Waals surface area contributed by atoms with E-state index >= 15 is 0 Å². The fraction of sp³-hybridized carbons (Fsp3) is 0.625. The van der Waals surface area contributed by atoms with Crippen molar-refractivity contribution in [3.8, 4) is 5.75 Å². The number of halogens is 1. The minimum Gasteiger partial charge on any atom is -0.490 e. The molecular weight excluding hydrogens is 241 g/mol. The van der Waals surface area contributed by atoms with Gasteiger partial charge in [-0.25, -0.2) is 4.39 Å². The van der Waals surface area contributed by atoms with Crippen molar-refractivity contribution in [1.29, 1.82) is 0 Å². The standard InChI is InChI=1S/C16H24FNO/c1-3-12-6-4-7-13(10-12)19-15-9-5-8-14(17)16(15)11(2)18/h5,8-9,11-13H,3-4,6-7,10,18H2,1-2H3/t11-,12?,13?/m1/s1. The van der Waals surface area contributed by atoms with Crippen molar-refractivity contribution < 1.29 is 9.13 Å². The molecule has 0 radical (unpaired) electrons. The van der Waals surface area contributed by atoms with E-state index in [0.717, 1.165) is 18.8 Å². The Labute approximate surface area is 115 Å². The maximum Gasteiger partial charge on any atom is 0.131 e. The number of hydrogen-bond donors (Lipinski definition) is 1. The van der Waals surface area contributed by atoms with Crippen molar-refractivity contribution in [3.63, 3.8) is 0 Å². The SMILES string of the molecule is CCC1CCCC(Oc2cccc(F)c2[C@@H](C)N)C1. The summed E-state index contributed by atoms with van der Waals surface area (Å²) < 4.78 is 19.9. The summed E-state index contributed by atoms with van der Waals surface area (Å²) >= 11 is 0. The Morgan fingerprint density at radius 2 is 2.21 bits per heavy atom. The second-order valence-electron chi connectivity index (χ2n) is 5.62.